The summed E-state index contributed by atoms with van der Waals surface area (Å²) in [5.74, 6) is 0. The molecule has 2 amide bonds. The van der Waals surface area contributed by atoms with Crippen LogP contribution in [0.3, 0.4) is 0 Å². The van der Waals surface area contributed by atoms with E-state index in [4.69, 9.17) is 0 Å². The molecule has 6 heteroatoms. The predicted octanol–water partition coefficient (Wildman–Crippen LogP) is 3.41. The van der Waals surface area contributed by atoms with Gasteiger partial charge >= 0.3 is 6.03 Å². The van der Waals surface area contributed by atoms with Gasteiger partial charge in [-0.2, -0.15) is 0 Å². The smallest absolute Gasteiger partial charge is 0.421 e. The number of carbonyl (C=O) groups excluding carboxylic acids is 1. The Morgan fingerprint density at radius 1 is 1.35 bits per heavy atom. The van der Waals surface area contributed by atoms with Gasteiger partial charge in [0.25, 0.3) is 0 Å². The van der Waals surface area contributed by atoms with Crippen molar-refractivity contribution in [3.05, 3.63) is 63.1 Å². The molecule has 120 valence electrons. The van der Waals surface area contributed by atoms with Gasteiger partial charge in [0.1, 0.15) is 5.70 Å². The predicted molar refractivity (Wildman–Crippen MR) is 93.9 cm³/mol. The molecule has 0 fully saturated rings. The molecular weight excluding hydrogens is 310 g/mol. The SMILES string of the molecule is C[N+]([O-])(C(=O)NCCc1cccs1)C1=Cc2ccccc2NC1. The minimum absolute atomic E-state index is 0.370. The molecule has 0 saturated heterocycles. The third-order valence-corrected chi connectivity index (χ3v) is 4.84. The highest BCUT2D eigenvalue weighted by atomic mass is 32.1. The second-order valence-corrected chi connectivity index (χ2v) is 6.59. The Morgan fingerprint density at radius 3 is 2.96 bits per heavy atom. The summed E-state index contributed by atoms with van der Waals surface area (Å²) in [7, 11) is 1.38. The summed E-state index contributed by atoms with van der Waals surface area (Å²) in [5.41, 5.74) is 2.41. The quantitative estimate of drug-likeness (QED) is 0.667. The highest BCUT2D eigenvalue weighted by Crippen LogP contribution is 2.27. The lowest BCUT2D eigenvalue weighted by atomic mass is 10.1. The summed E-state index contributed by atoms with van der Waals surface area (Å²) in [5, 5.41) is 20.7. The second-order valence-electron chi connectivity index (χ2n) is 5.56. The number of amides is 2. The van der Waals surface area contributed by atoms with Crippen LogP contribution in [-0.2, 0) is 6.42 Å². The van der Waals surface area contributed by atoms with Crippen molar-refractivity contribution in [3.63, 3.8) is 0 Å². The normalized spacial score (nSPS) is 15.8. The van der Waals surface area contributed by atoms with Gasteiger partial charge in [0, 0.05) is 28.7 Å². The van der Waals surface area contributed by atoms with E-state index in [0.29, 0.717) is 18.8 Å². The molecule has 1 atom stereocenters. The topological polar surface area (TPSA) is 64.2 Å². The fourth-order valence-corrected chi connectivity index (χ4v) is 3.21. The number of thiophene rings is 1. The first-order valence-corrected chi connectivity index (χ1v) is 8.37. The van der Waals surface area contributed by atoms with Gasteiger partial charge in [-0.15, -0.1) is 11.3 Å². The zero-order chi connectivity index (χ0) is 16.3. The number of hydroxylamine groups is 3. The summed E-state index contributed by atoms with van der Waals surface area (Å²) in [6.07, 6.45) is 2.54. The van der Waals surface area contributed by atoms with E-state index >= 15 is 0 Å². The number of likely N-dealkylation sites (N-methyl/N-ethyl adjacent to an activating group) is 1. The molecule has 2 aromatic rings. The number of nitrogens with zero attached hydrogens (tertiary/aromatic N) is 1. The fourth-order valence-electron chi connectivity index (χ4n) is 2.50. The average Bonchev–Trinajstić information content (AvgIpc) is 3.07. The lowest BCUT2D eigenvalue weighted by Gasteiger charge is -2.38. The Balaban J connectivity index is 1.66. The molecule has 5 nitrogen and oxygen atoms in total. The number of rotatable bonds is 4. The van der Waals surface area contributed by atoms with Crippen LogP contribution in [0.2, 0.25) is 0 Å². The van der Waals surface area contributed by atoms with Gasteiger partial charge in [-0.05, 0) is 23.9 Å². The molecule has 2 N–H and O–H groups in total. The first-order valence-electron chi connectivity index (χ1n) is 7.50. The molecule has 2 heterocycles. The van der Waals surface area contributed by atoms with Gasteiger partial charge < -0.3 is 15.8 Å². The van der Waals surface area contributed by atoms with Crippen molar-refractivity contribution in [1.29, 1.82) is 0 Å². The number of benzene rings is 1. The van der Waals surface area contributed by atoms with E-state index in [1.165, 1.54) is 11.9 Å². The van der Waals surface area contributed by atoms with E-state index < -0.39 is 10.7 Å². The molecule has 23 heavy (non-hydrogen) atoms. The molecule has 3 rings (SSSR count). The number of anilines is 1. The van der Waals surface area contributed by atoms with Crippen LogP contribution in [0.15, 0.2) is 47.5 Å². The van der Waals surface area contributed by atoms with Crippen LogP contribution in [-0.4, -0.2) is 30.8 Å². The number of para-hydroxylation sites is 1. The van der Waals surface area contributed by atoms with Crippen molar-refractivity contribution < 1.29 is 9.44 Å². The average molecular weight is 329 g/mol. The van der Waals surface area contributed by atoms with E-state index in [1.54, 1.807) is 17.4 Å². The lowest BCUT2D eigenvalue weighted by molar-refractivity contribution is -0.734. The second kappa shape index (κ2) is 6.54. The number of urea groups is 1. The first kappa shape index (κ1) is 15.7. The zero-order valence-electron chi connectivity index (χ0n) is 12.9. The molecular formula is C17H19N3O2S. The summed E-state index contributed by atoms with van der Waals surface area (Å²) in [6.45, 7) is 0.835. The molecule has 0 radical (unpaired) electrons. The summed E-state index contributed by atoms with van der Waals surface area (Å²) >= 11 is 1.65. The molecule has 1 aromatic heterocycles. The molecule has 1 unspecified atom stereocenters. The van der Waals surface area contributed by atoms with Crippen molar-refractivity contribution >= 4 is 29.1 Å². The molecule has 1 aliphatic rings. The minimum atomic E-state index is -1.04. The van der Waals surface area contributed by atoms with Crippen LogP contribution >= 0.6 is 11.3 Å². The summed E-state index contributed by atoms with van der Waals surface area (Å²) in [4.78, 5) is 13.5. The van der Waals surface area contributed by atoms with E-state index in [2.05, 4.69) is 10.6 Å². The molecule has 0 spiro atoms. The van der Waals surface area contributed by atoms with Crippen molar-refractivity contribution in [2.75, 3.05) is 25.5 Å². The monoisotopic (exact) mass is 329 g/mol. The largest absolute Gasteiger partial charge is 0.619 e. The van der Waals surface area contributed by atoms with Crippen molar-refractivity contribution in [3.8, 4) is 0 Å². The number of carbonyl (C=O) groups is 1. The Hall–Kier alpha value is -2.15. The van der Waals surface area contributed by atoms with Crippen LogP contribution in [0.4, 0.5) is 10.5 Å². The van der Waals surface area contributed by atoms with E-state index in [1.807, 2.05) is 41.8 Å². The maximum Gasteiger partial charge on any atom is 0.421 e. The van der Waals surface area contributed by atoms with Crippen LogP contribution in [0.25, 0.3) is 6.08 Å². The molecule has 1 aliphatic heterocycles. The zero-order valence-corrected chi connectivity index (χ0v) is 13.7. The number of nitrogens with one attached hydrogen (secondary N) is 2. The third kappa shape index (κ3) is 3.44. The fraction of sp³-hybridized carbons (Fsp3) is 0.235. The van der Waals surface area contributed by atoms with Gasteiger partial charge in [-0.3, -0.25) is 0 Å². The Kier molecular flexibility index (Phi) is 4.47. The van der Waals surface area contributed by atoms with E-state index in [0.717, 1.165) is 17.7 Å². The van der Waals surface area contributed by atoms with Gasteiger partial charge in [-0.1, -0.05) is 24.3 Å². The van der Waals surface area contributed by atoms with Gasteiger partial charge in [0.05, 0.1) is 13.6 Å². The van der Waals surface area contributed by atoms with Gasteiger partial charge in [0.15, 0.2) is 0 Å². The van der Waals surface area contributed by atoms with Crippen LogP contribution in [0.1, 0.15) is 10.4 Å². The van der Waals surface area contributed by atoms with Gasteiger partial charge in [-0.25, -0.2) is 9.44 Å². The maximum absolute atomic E-state index is 12.8. The van der Waals surface area contributed by atoms with Crippen LogP contribution < -0.4 is 10.6 Å². The Morgan fingerprint density at radius 2 is 2.17 bits per heavy atom. The Bertz CT molecular complexity index is 723. The third-order valence-electron chi connectivity index (χ3n) is 3.91. The van der Waals surface area contributed by atoms with Crippen LogP contribution in [0, 0.1) is 5.21 Å². The lowest BCUT2D eigenvalue weighted by Crippen LogP contribution is -2.51. The highest BCUT2D eigenvalue weighted by Gasteiger charge is 2.29. The van der Waals surface area contributed by atoms with E-state index in [-0.39, 0.29) is 0 Å². The maximum atomic E-state index is 12.8. The van der Waals surface area contributed by atoms with Crippen LogP contribution in [0.5, 0.6) is 0 Å². The standard InChI is InChI=1S/C17H19N3O2S/c1-20(22,17(21)18-9-8-15-6-4-10-23-15)14-11-13-5-2-3-7-16(13)19-12-14/h2-7,10-11,19H,8-9,12H2,1H3,(H,18,21). The number of hydrogen-bond donors (Lipinski definition) is 2. The summed E-state index contributed by atoms with van der Waals surface area (Å²) in [6, 6.07) is 11.2. The number of hydrogen-bond acceptors (Lipinski definition) is 4. The Labute approximate surface area is 139 Å². The van der Waals surface area contributed by atoms with Crippen molar-refractivity contribution in [1.82, 2.24) is 5.32 Å². The molecule has 0 saturated carbocycles. The first-order chi connectivity index (χ1) is 11.1. The number of fused-ring (bicyclic) bond motifs is 1. The van der Waals surface area contributed by atoms with Crippen molar-refractivity contribution in [2.24, 2.45) is 0 Å². The molecule has 1 aromatic carbocycles. The van der Waals surface area contributed by atoms with E-state index in [9.17, 15) is 10.0 Å². The van der Waals surface area contributed by atoms with Crippen molar-refractivity contribution in [2.45, 2.75) is 6.42 Å². The molecule has 0 bridgehead atoms. The molecule has 0 aliphatic carbocycles. The van der Waals surface area contributed by atoms with Gasteiger partial charge in [0.2, 0.25) is 0 Å². The minimum Gasteiger partial charge on any atom is -0.619 e. The number of quaternary nitrogens is 1. The highest BCUT2D eigenvalue weighted by molar-refractivity contribution is 7.09. The summed E-state index contributed by atoms with van der Waals surface area (Å²) < 4.78 is -1.04.